The zero-order chi connectivity index (χ0) is 30.0. The lowest BCUT2D eigenvalue weighted by atomic mass is 9.87. The van der Waals surface area contributed by atoms with E-state index in [4.69, 9.17) is 24.5 Å². The number of nitrogens with zero attached hydrogens (tertiary/aromatic N) is 4. The van der Waals surface area contributed by atoms with Gasteiger partial charge in [0.25, 0.3) is 5.91 Å². The summed E-state index contributed by atoms with van der Waals surface area (Å²) >= 11 is 0. The minimum Gasteiger partial charge on any atom is -0.493 e. The Hall–Kier alpha value is -4.29. The molecule has 1 saturated heterocycles. The molecule has 13 heteroatoms. The number of amides is 1. The Morgan fingerprint density at radius 3 is 2.67 bits per heavy atom. The topological polar surface area (TPSA) is 125 Å². The molecular weight excluding hydrogens is 567 g/mol. The number of carbonyl (C=O) groups excluding carboxylic acids is 1. The first kappa shape index (κ1) is 28.8. The summed E-state index contributed by atoms with van der Waals surface area (Å²) in [6.45, 7) is 0.796. The first-order valence-electron chi connectivity index (χ1n) is 14.5. The third-order valence-corrected chi connectivity index (χ3v) is 8.16. The molecule has 2 N–H and O–H groups in total. The van der Waals surface area contributed by atoms with Crippen LogP contribution in [0.3, 0.4) is 0 Å². The first-order chi connectivity index (χ1) is 20.8. The van der Waals surface area contributed by atoms with Crippen LogP contribution in [0.1, 0.15) is 79.2 Å². The van der Waals surface area contributed by atoms with Crippen LogP contribution in [0.15, 0.2) is 45.9 Å². The highest BCUT2D eigenvalue weighted by Gasteiger charge is 2.36. The zero-order valence-electron chi connectivity index (χ0n) is 23.4. The minimum atomic E-state index is -4.62. The number of aromatic nitrogens is 2. The molecule has 1 aromatic heterocycles. The van der Waals surface area contributed by atoms with E-state index >= 15 is 0 Å². The van der Waals surface area contributed by atoms with Crippen molar-refractivity contribution in [3.05, 3.63) is 53.4 Å². The van der Waals surface area contributed by atoms with Crippen LogP contribution in [0, 0.1) is 5.92 Å². The van der Waals surface area contributed by atoms with Crippen molar-refractivity contribution in [1.29, 1.82) is 0 Å². The van der Waals surface area contributed by atoms with Crippen molar-refractivity contribution < 1.29 is 36.7 Å². The maximum atomic E-state index is 14.0. The van der Waals surface area contributed by atoms with E-state index in [0.29, 0.717) is 36.8 Å². The number of carbonyl (C=O) groups is 1. The molecule has 228 valence electrons. The molecule has 3 heterocycles. The van der Waals surface area contributed by atoms with Crippen LogP contribution < -0.4 is 19.9 Å². The molecule has 1 atom stereocenters. The van der Waals surface area contributed by atoms with Crippen molar-refractivity contribution in [3.8, 4) is 28.6 Å². The second-order valence-corrected chi connectivity index (χ2v) is 11.0. The highest BCUT2D eigenvalue weighted by atomic mass is 19.4. The summed E-state index contributed by atoms with van der Waals surface area (Å²) in [5.74, 6) is 0.859. The van der Waals surface area contributed by atoms with Gasteiger partial charge in [-0.25, -0.2) is 0 Å². The molecule has 3 aromatic rings. The van der Waals surface area contributed by atoms with Gasteiger partial charge < -0.3 is 29.4 Å². The number of ether oxygens (including phenoxy) is 3. The number of alkyl halides is 3. The lowest BCUT2D eigenvalue weighted by molar-refractivity contribution is -0.138. The molecule has 2 fully saturated rings. The largest absolute Gasteiger partial charge is 0.493 e. The molecule has 2 aromatic carbocycles. The quantitative estimate of drug-likeness (QED) is 0.252. The van der Waals surface area contributed by atoms with Gasteiger partial charge in [0.15, 0.2) is 17.5 Å². The maximum Gasteiger partial charge on any atom is 0.419 e. The van der Waals surface area contributed by atoms with Crippen LogP contribution in [-0.2, 0) is 6.18 Å². The molecule has 0 radical (unpaired) electrons. The fraction of sp³-hybridized carbons (Fsp3) is 0.467. The molecule has 1 amide bonds. The van der Waals surface area contributed by atoms with E-state index in [9.17, 15) is 18.0 Å². The van der Waals surface area contributed by atoms with Crippen molar-refractivity contribution in [3.63, 3.8) is 0 Å². The smallest absolute Gasteiger partial charge is 0.419 e. The lowest BCUT2D eigenvalue weighted by Crippen LogP contribution is -2.37. The number of nitrogens with two attached hydrogens (primary N) is 1. The van der Waals surface area contributed by atoms with Gasteiger partial charge in [0.2, 0.25) is 18.5 Å². The van der Waals surface area contributed by atoms with E-state index < -0.39 is 23.7 Å². The number of hydrogen-bond acceptors (Lipinski definition) is 7. The summed E-state index contributed by atoms with van der Waals surface area (Å²) in [6.07, 6.45) is 3.14. The Labute approximate surface area is 246 Å². The highest BCUT2D eigenvalue weighted by Crippen LogP contribution is 2.40. The van der Waals surface area contributed by atoms with E-state index in [1.807, 2.05) is 0 Å². The van der Waals surface area contributed by atoms with E-state index in [0.717, 1.165) is 38.2 Å². The van der Waals surface area contributed by atoms with Crippen LogP contribution in [0.4, 0.5) is 13.2 Å². The van der Waals surface area contributed by atoms with Crippen molar-refractivity contribution in [2.75, 3.05) is 19.9 Å². The van der Waals surface area contributed by atoms with Crippen LogP contribution in [-0.4, -0.2) is 46.9 Å². The zero-order valence-corrected chi connectivity index (χ0v) is 23.4. The molecule has 0 unspecified atom stereocenters. The lowest BCUT2D eigenvalue weighted by Gasteiger charge is -2.22. The second kappa shape index (κ2) is 12.1. The summed E-state index contributed by atoms with van der Waals surface area (Å²) in [4.78, 5) is 22.9. The average molecular weight is 600 g/mol. The van der Waals surface area contributed by atoms with E-state index in [-0.39, 0.29) is 48.0 Å². The van der Waals surface area contributed by atoms with Gasteiger partial charge in [-0.1, -0.05) is 37.3 Å². The third-order valence-electron chi connectivity index (χ3n) is 8.16. The van der Waals surface area contributed by atoms with Crippen LogP contribution >= 0.6 is 0 Å². The molecular formula is C30H32F3N5O5. The highest BCUT2D eigenvalue weighted by molar-refractivity contribution is 6.02. The van der Waals surface area contributed by atoms with Crippen molar-refractivity contribution in [2.45, 2.75) is 63.6 Å². The normalized spacial score (nSPS) is 19.2. The number of likely N-dealkylation sites (tertiary alicyclic amines) is 1. The van der Waals surface area contributed by atoms with Crippen LogP contribution in [0.25, 0.3) is 11.4 Å². The minimum absolute atomic E-state index is 0.00746. The Morgan fingerprint density at radius 1 is 1.05 bits per heavy atom. The van der Waals surface area contributed by atoms with Gasteiger partial charge in [-0.05, 0) is 61.6 Å². The van der Waals surface area contributed by atoms with Gasteiger partial charge >= 0.3 is 6.18 Å². The predicted octanol–water partition coefficient (Wildman–Crippen LogP) is 6.13. The number of fused-ring (bicyclic) bond motifs is 1. The predicted molar refractivity (Wildman–Crippen MR) is 149 cm³/mol. The van der Waals surface area contributed by atoms with E-state index in [1.165, 1.54) is 24.6 Å². The summed E-state index contributed by atoms with van der Waals surface area (Å²) in [5, 5.41) is 3.95. The Bertz CT molecular complexity index is 1500. The molecule has 0 bridgehead atoms. The molecule has 0 spiro atoms. The number of aliphatic imine (C=N–C) groups is 1. The van der Waals surface area contributed by atoms with E-state index in [2.05, 4.69) is 15.1 Å². The molecule has 43 heavy (non-hydrogen) atoms. The molecule has 10 nitrogen and oxygen atoms in total. The first-order valence-corrected chi connectivity index (χ1v) is 14.5. The summed E-state index contributed by atoms with van der Waals surface area (Å²) in [5.41, 5.74) is 5.76. The van der Waals surface area contributed by atoms with Gasteiger partial charge in [-0.3, -0.25) is 4.79 Å². The van der Waals surface area contributed by atoms with Crippen molar-refractivity contribution >= 4 is 11.9 Å². The van der Waals surface area contributed by atoms with Gasteiger partial charge in [0.1, 0.15) is 11.8 Å². The van der Waals surface area contributed by atoms with Crippen molar-refractivity contribution in [1.82, 2.24) is 15.0 Å². The Kier molecular flexibility index (Phi) is 8.13. The SMILES string of the molecule is NC(=NC(=O)c1ccc2c(c1)OCO2)N1CCC[C@H]1c1nc(-c2ccc(OCCC3CCCCC3)c(C(F)(F)F)c2)no1. The van der Waals surface area contributed by atoms with Gasteiger partial charge in [0.05, 0.1) is 12.2 Å². The summed E-state index contributed by atoms with van der Waals surface area (Å²) in [6, 6.07) is 8.03. The number of guanidine groups is 1. The van der Waals surface area contributed by atoms with Gasteiger partial charge in [0, 0.05) is 17.7 Å². The molecule has 6 rings (SSSR count). The van der Waals surface area contributed by atoms with Gasteiger partial charge in [-0.15, -0.1) is 0 Å². The van der Waals surface area contributed by atoms with E-state index in [1.54, 1.807) is 17.0 Å². The fourth-order valence-corrected chi connectivity index (χ4v) is 5.88. The molecule has 1 saturated carbocycles. The number of hydrogen-bond donors (Lipinski definition) is 1. The molecule has 3 aliphatic rings. The third kappa shape index (κ3) is 6.40. The standard InChI is InChI=1S/C30H32F3N5O5/c31-30(32,33)21-15-19(8-10-23(21)40-14-12-18-5-2-1-3-6-18)26-35-28(43-37-26)22-7-4-13-38(22)29(34)36-27(39)20-9-11-24-25(16-20)42-17-41-24/h8-11,15-16,18,22H,1-7,12-14,17H2,(H2,34,36,39)/t22-/m0/s1. The number of rotatable bonds is 7. The van der Waals surface area contributed by atoms with Gasteiger partial charge in [-0.2, -0.15) is 23.1 Å². The Balaban J connectivity index is 1.16. The number of benzene rings is 2. The fourth-order valence-electron chi connectivity index (χ4n) is 5.88. The van der Waals surface area contributed by atoms with Crippen LogP contribution in [0.5, 0.6) is 17.2 Å². The monoisotopic (exact) mass is 599 g/mol. The number of halogens is 3. The molecule has 1 aliphatic carbocycles. The maximum absolute atomic E-state index is 14.0. The second-order valence-electron chi connectivity index (χ2n) is 11.0. The Morgan fingerprint density at radius 2 is 1.86 bits per heavy atom. The van der Waals surface area contributed by atoms with Crippen LogP contribution in [0.2, 0.25) is 0 Å². The van der Waals surface area contributed by atoms with Crippen molar-refractivity contribution in [2.24, 2.45) is 16.6 Å². The summed E-state index contributed by atoms with van der Waals surface area (Å²) in [7, 11) is 0. The molecule has 2 aliphatic heterocycles. The summed E-state index contributed by atoms with van der Waals surface area (Å²) < 4.78 is 63.6. The average Bonchev–Trinajstić information content (AvgIpc) is 3.77.